The zero-order chi connectivity index (χ0) is 22.2. The first-order valence-electron chi connectivity index (χ1n) is 11.0. The van der Waals surface area contributed by atoms with E-state index < -0.39 is 6.04 Å². The van der Waals surface area contributed by atoms with Crippen molar-refractivity contribution in [3.8, 4) is 5.75 Å². The molecule has 0 bridgehead atoms. The Balaban J connectivity index is 1.81. The molecule has 0 heterocycles. The van der Waals surface area contributed by atoms with Crippen LogP contribution in [0.15, 0.2) is 48.5 Å². The summed E-state index contributed by atoms with van der Waals surface area (Å²) >= 11 is 6.10. The Morgan fingerprint density at radius 2 is 1.84 bits per heavy atom. The fourth-order valence-corrected chi connectivity index (χ4v) is 4.35. The molecule has 0 radical (unpaired) electrons. The number of amides is 2. The zero-order valence-corrected chi connectivity index (χ0v) is 19.0. The van der Waals surface area contributed by atoms with Gasteiger partial charge in [-0.15, -0.1) is 0 Å². The lowest BCUT2D eigenvalue weighted by Gasteiger charge is -2.31. The highest BCUT2D eigenvalue weighted by molar-refractivity contribution is 6.30. The molecule has 1 aliphatic rings. The predicted octanol–water partition coefficient (Wildman–Crippen LogP) is 4.76. The largest absolute Gasteiger partial charge is 0.497 e. The van der Waals surface area contributed by atoms with Gasteiger partial charge in [0.05, 0.1) is 13.5 Å². The van der Waals surface area contributed by atoms with Crippen molar-refractivity contribution in [3.63, 3.8) is 0 Å². The van der Waals surface area contributed by atoms with Gasteiger partial charge in [-0.25, -0.2) is 0 Å². The average molecular weight is 443 g/mol. The molecule has 1 aliphatic carbocycles. The summed E-state index contributed by atoms with van der Waals surface area (Å²) in [6, 6.07) is 14.6. The van der Waals surface area contributed by atoms with Gasteiger partial charge in [0, 0.05) is 17.6 Å². The van der Waals surface area contributed by atoms with Crippen LogP contribution in [0.5, 0.6) is 5.75 Å². The summed E-state index contributed by atoms with van der Waals surface area (Å²) in [5.74, 6) is 0.598. The van der Waals surface area contributed by atoms with Gasteiger partial charge in [-0.3, -0.25) is 9.59 Å². The number of methoxy groups -OCH3 is 1. The van der Waals surface area contributed by atoms with Crippen LogP contribution in [-0.4, -0.2) is 35.9 Å². The number of nitrogens with zero attached hydrogens (tertiary/aromatic N) is 1. The molecule has 0 aliphatic heterocycles. The highest BCUT2D eigenvalue weighted by Crippen LogP contribution is 2.21. The lowest BCUT2D eigenvalue weighted by atomic mass is 10.1. The Bertz CT molecular complexity index is 879. The second-order valence-corrected chi connectivity index (χ2v) is 8.53. The number of carbonyl (C=O) groups excluding carboxylic acids is 2. The Hall–Kier alpha value is -2.53. The Kier molecular flexibility index (Phi) is 8.35. The second kappa shape index (κ2) is 11.2. The van der Waals surface area contributed by atoms with E-state index in [0.717, 1.165) is 42.6 Å². The molecular formula is C25H31ClN2O3. The molecule has 31 heavy (non-hydrogen) atoms. The van der Waals surface area contributed by atoms with E-state index in [4.69, 9.17) is 16.3 Å². The van der Waals surface area contributed by atoms with E-state index in [1.54, 1.807) is 24.1 Å². The molecule has 1 saturated carbocycles. The number of nitrogens with one attached hydrogen (secondary N) is 1. The Labute approximate surface area is 189 Å². The van der Waals surface area contributed by atoms with E-state index >= 15 is 0 Å². The van der Waals surface area contributed by atoms with Gasteiger partial charge in [0.25, 0.3) is 0 Å². The maximum Gasteiger partial charge on any atom is 0.243 e. The molecule has 2 aromatic carbocycles. The molecule has 3 rings (SSSR count). The quantitative estimate of drug-likeness (QED) is 0.609. The molecule has 1 atom stereocenters. The SMILES string of the molecule is CCC(C(=O)NC1CCCC1)N(Cc1ccc(OC)cc1)C(=O)Cc1cccc(Cl)c1. The molecule has 0 aromatic heterocycles. The smallest absolute Gasteiger partial charge is 0.243 e. The lowest BCUT2D eigenvalue weighted by Crippen LogP contribution is -2.51. The van der Waals surface area contributed by atoms with Gasteiger partial charge in [0.15, 0.2) is 0 Å². The summed E-state index contributed by atoms with van der Waals surface area (Å²) in [5, 5.41) is 3.76. The number of rotatable bonds is 9. The predicted molar refractivity (Wildman–Crippen MR) is 123 cm³/mol. The third kappa shape index (κ3) is 6.47. The van der Waals surface area contributed by atoms with Crippen molar-refractivity contribution in [2.45, 2.75) is 64.1 Å². The normalized spacial score (nSPS) is 14.8. The molecule has 5 nitrogen and oxygen atoms in total. The van der Waals surface area contributed by atoms with Gasteiger partial charge in [-0.1, -0.05) is 55.6 Å². The summed E-state index contributed by atoms with van der Waals surface area (Å²) in [4.78, 5) is 28.2. The summed E-state index contributed by atoms with van der Waals surface area (Å²) in [7, 11) is 1.62. The van der Waals surface area contributed by atoms with Crippen LogP contribution < -0.4 is 10.1 Å². The van der Waals surface area contributed by atoms with Crippen molar-refractivity contribution >= 4 is 23.4 Å². The average Bonchev–Trinajstić information content (AvgIpc) is 3.27. The molecule has 6 heteroatoms. The minimum absolute atomic E-state index is 0.0673. The van der Waals surface area contributed by atoms with Crippen LogP contribution in [0.25, 0.3) is 0 Å². The number of halogens is 1. The molecule has 0 saturated heterocycles. The number of carbonyl (C=O) groups is 2. The molecule has 2 amide bonds. The summed E-state index contributed by atoms with van der Waals surface area (Å²) in [6.45, 7) is 2.31. The van der Waals surface area contributed by atoms with Gasteiger partial charge >= 0.3 is 0 Å². The van der Waals surface area contributed by atoms with Gasteiger partial charge in [-0.2, -0.15) is 0 Å². The molecule has 166 valence electrons. The van der Waals surface area contributed by atoms with Crippen LogP contribution in [0.4, 0.5) is 0 Å². The van der Waals surface area contributed by atoms with Crippen LogP contribution >= 0.6 is 11.6 Å². The number of benzene rings is 2. The maximum atomic E-state index is 13.4. The maximum absolute atomic E-state index is 13.4. The van der Waals surface area contributed by atoms with Crippen LogP contribution in [-0.2, 0) is 22.6 Å². The van der Waals surface area contributed by atoms with Crippen LogP contribution in [0.1, 0.15) is 50.2 Å². The van der Waals surface area contributed by atoms with Crippen LogP contribution in [0, 0.1) is 0 Å². The third-order valence-corrected chi connectivity index (χ3v) is 6.08. The van der Waals surface area contributed by atoms with E-state index in [0.29, 0.717) is 18.0 Å². The first-order valence-corrected chi connectivity index (χ1v) is 11.3. The summed E-state index contributed by atoms with van der Waals surface area (Å²) in [6.07, 6.45) is 5.06. The van der Waals surface area contributed by atoms with E-state index in [1.165, 1.54) is 0 Å². The monoisotopic (exact) mass is 442 g/mol. The van der Waals surface area contributed by atoms with Crippen molar-refractivity contribution in [1.82, 2.24) is 10.2 Å². The highest BCUT2D eigenvalue weighted by Gasteiger charge is 2.30. The minimum atomic E-state index is -0.519. The molecule has 0 spiro atoms. The first kappa shape index (κ1) is 23.1. The first-order chi connectivity index (χ1) is 15.0. The molecule has 1 N–H and O–H groups in total. The van der Waals surface area contributed by atoms with Crippen molar-refractivity contribution in [3.05, 3.63) is 64.7 Å². The number of ether oxygens (including phenoxy) is 1. The van der Waals surface area contributed by atoms with Crippen molar-refractivity contribution in [2.75, 3.05) is 7.11 Å². The molecule has 1 unspecified atom stereocenters. The van der Waals surface area contributed by atoms with E-state index in [1.807, 2.05) is 43.3 Å². The van der Waals surface area contributed by atoms with E-state index in [2.05, 4.69) is 5.32 Å². The fraction of sp³-hybridized carbons (Fsp3) is 0.440. The van der Waals surface area contributed by atoms with Crippen molar-refractivity contribution in [2.24, 2.45) is 0 Å². The Morgan fingerprint density at radius 1 is 1.13 bits per heavy atom. The summed E-state index contributed by atoms with van der Waals surface area (Å²) in [5.41, 5.74) is 1.79. The number of hydrogen-bond donors (Lipinski definition) is 1. The summed E-state index contributed by atoms with van der Waals surface area (Å²) < 4.78 is 5.24. The number of hydrogen-bond acceptors (Lipinski definition) is 3. The van der Waals surface area contributed by atoms with Gasteiger partial charge in [0.1, 0.15) is 11.8 Å². The minimum Gasteiger partial charge on any atom is -0.497 e. The molecule has 2 aromatic rings. The van der Waals surface area contributed by atoms with Gasteiger partial charge in [-0.05, 0) is 54.7 Å². The van der Waals surface area contributed by atoms with Crippen LogP contribution in [0.2, 0.25) is 5.02 Å². The highest BCUT2D eigenvalue weighted by atomic mass is 35.5. The molecular weight excluding hydrogens is 412 g/mol. The van der Waals surface area contributed by atoms with E-state index in [9.17, 15) is 9.59 Å². The van der Waals surface area contributed by atoms with Crippen LogP contribution in [0.3, 0.4) is 0 Å². The van der Waals surface area contributed by atoms with Crippen molar-refractivity contribution < 1.29 is 14.3 Å². The van der Waals surface area contributed by atoms with Gasteiger partial charge < -0.3 is 15.0 Å². The van der Waals surface area contributed by atoms with Gasteiger partial charge in [0.2, 0.25) is 11.8 Å². The van der Waals surface area contributed by atoms with Crippen molar-refractivity contribution in [1.29, 1.82) is 0 Å². The fourth-order valence-electron chi connectivity index (χ4n) is 4.14. The zero-order valence-electron chi connectivity index (χ0n) is 18.3. The van der Waals surface area contributed by atoms with E-state index in [-0.39, 0.29) is 24.3 Å². The Morgan fingerprint density at radius 3 is 2.45 bits per heavy atom. The molecule has 1 fully saturated rings. The topological polar surface area (TPSA) is 58.6 Å². The second-order valence-electron chi connectivity index (χ2n) is 8.09. The lowest BCUT2D eigenvalue weighted by molar-refractivity contribution is -0.141. The standard InChI is InChI=1S/C25H31ClN2O3/c1-3-23(25(30)27-21-9-4-5-10-21)28(17-18-11-13-22(31-2)14-12-18)24(29)16-19-7-6-8-20(26)15-19/h6-8,11-15,21,23H,3-5,9-10,16-17H2,1-2H3,(H,27,30). The third-order valence-electron chi connectivity index (χ3n) is 5.84.